The summed E-state index contributed by atoms with van der Waals surface area (Å²) in [6.45, 7) is 3.76. The third-order valence-corrected chi connectivity index (χ3v) is 4.33. The van der Waals surface area contributed by atoms with Gasteiger partial charge in [-0.1, -0.05) is 13.0 Å². The molecule has 0 atom stereocenters. The lowest BCUT2D eigenvalue weighted by atomic mass is 10.1. The van der Waals surface area contributed by atoms with Crippen LogP contribution in [0.1, 0.15) is 36.0 Å². The average molecular weight is 344 g/mol. The van der Waals surface area contributed by atoms with Gasteiger partial charge in [0.15, 0.2) is 5.75 Å². The summed E-state index contributed by atoms with van der Waals surface area (Å²) in [6, 6.07) is 4.33. The Morgan fingerprint density at radius 2 is 2.24 bits per heavy atom. The summed E-state index contributed by atoms with van der Waals surface area (Å²) in [5.74, 6) is 0.392. The maximum absolute atomic E-state index is 12.3. The van der Waals surface area contributed by atoms with Crippen LogP contribution in [0.2, 0.25) is 0 Å². The maximum Gasteiger partial charge on any atom is 0.310 e. The van der Waals surface area contributed by atoms with Gasteiger partial charge >= 0.3 is 5.69 Å². The van der Waals surface area contributed by atoms with E-state index in [2.05, 4.69) is 14.9 Å². The van der Waals surface area contributed by atoms with E-state index in [0.29, 0.717) is 25.1 Å². The molecule has 0 fully saturated rings. The van der Waals surface area contributed by atoms with Crippen molar-refractivity contribution in [1.82, 2.24) is 14.9 Å². The summed E-state index contributed by atoms with van der Waals surface area (Å²) < 4.78 is 0. The summed E-state index contributed by atoms with van der Waals surface area (Å²) >= 11 is 0. The quantitative estimate of drug-likeness (QED) is 0.633. The second-order valence-corrected chi connectivity index (χ2v) is 6.23. The van der Waals surface area contributed by atoms with Crippen LogP contribution in [0.25, 0.3) is 0 Å². The first-order valence-corrected chi connectivity index (χ1v) is 8.27. The van der Waals surface area contributed by atoms with Crippen molar-refractivity contribution in [3.8, 4) is 5.75 Å². The van der Waals surface area contributed by atoms with Gasteiger partial charge in [0, 0.05) is 38.5 Å². The van der Waals surface area contributed by atoms with Crippen LogP contribution in [0, 0.1) is 10.1 Å². The fourth-order valence-corrected chi connectivity index (χ4v) is 3.10. The lowest BCUT2D eigenvalue weighted by Crippen LogP contribution is -2.35. The molecule has 0 saturated carbocycles. The molecule has 0 aliphatic carbocycles. The van der Waals surface area contributed by atoms with E-state index in [0.717, 1.165) is 36.5 Å². The molecule has 2 heterocycles. The smallest absolute Gasteiger partial charge is 0.310 e. The molecule has 0 bridgehead atoms. The molecule has 132 valence electrons. The predicted octanol–water partition coefficient (Wildman–Crippen LogP) is 1.89. The van der Waals surface area contributed by atoms with E-state index in [4.69, 9.17) is 0 Å². The molecule has 0 saturated heterocycles. The molecule has 1 aromatic carbocycles. The molecule has 1 aromatic heterocycles. The maximum atomic E-state index is 12.3. The summed E-state index contributed by atoms with van der Waals surface area (Å²) in [6.07, 6.45) is 2.38. The van der Waals surface area contributed by atoms with Gasteiger partial charge in [0.2, 0.25) is 0 Å². The van der Waals surface area contributed by atoms with E-state index in [1.54, 1.807) is 6.07 Å². The summed E-state index contributed by atoms with van der Waals surface area (Å²) in [5.41, 5.74) is 1.90. The van der Waals surface area contributed by atoms with Gasteiger partial charge in [-0.05, 0) is 18.1 Å². The van der Waals surface area contributed by atoms with E-state index in [9.17, 15) is 20.0 Å². The Kier molecular flexibility index (Phi) is 4.80. The number of H-pyrrole nitrogens is 1. The second kappa shape index (κ2) is 7.02. The van der Waals surface area contributed by atoms with Gasteiger partial charge in [-0.15, -0.1) is 0 Å². The van der Waals surface area contributed by atoms with Gasteiger partial charge in [-0.2, -0.15) is 0 Å². The number of nitrogens with zero attached hydrogens (tertiary/aromatic N) is 3. The van der Waals surface area contributed by atoms with Gasteiger partial charge in [-0.25, -0.2) is 4.98 Å². The minimum atomic E-state index is -0.616. The Hall–Kier alpha value is -2.74. The molecule has 1 aliphatic heterocycles. The van der Waals surface area contributed by atoms with E-state index in [1.807, 2.05) is 6.92 Å². The Labute approximate surface area is 144 Å². The molecule has 0 amide bonds. The largest absolute Gasteiger partial charge is 0.502 e. The Morgan fingerprint density at radius 3 is 2.92 bits per heavy atom. The van der Waals surface area contributed by atoms with Gasteiger partial charge in [0.25, 0.3) is 5.56 Å². The number of phenols is 1. The second-order valence-electron chi connectivity index (χ2n) is 6.23. The molecule has 8 heteroatoms. The highest BCUT2D eigenvalue weighted by atomic mass is 16.6. The van der Waals surface area contributed by atoms with Gasteiger partial charge < -0.3 is 10.1 Å². The summed E-state index contributed by atoms with van der Waals surface area (Å²) in [4.78, 5) is 31.9. The molecule has 0 unspecified atom stereocenters. The standard InChI is InChI=1S/C17H20N4O4/c1-2-3-16-18-13-6-7-20(10-12(13)17(23)19-16)9-11-4-5-14(21(24)25)15(22)8-11/h4-5,8,22H,2-3,6-7,9-10H2,1H3,(H,18,19,23). The summed E-state index contributed by atoms with van der Waals surface area (Å²) in [7, 11) is 0. The Bertz CT molecular complexity index is 862. The number of hydrogen-bond acceptors (Lipinski definition) is 6. The highest BCUT2D eigenvalue weighted by Crippen LogP contribution is 2.27. The van der Waals surface area contributed by atoms with Crippen LogP contribution in [0.3, 0.4) is 0 Å². The van der Waals surface area contributed by atoms with Crippen molar-refractivity contribution in [2.75, 3.05) is 6.54 Å². The third-order valence-electron chi connectivity index (χ3n) is 4.33. The molecular weight excluding hydrogens is 324 g/mol. The first-order chi connectivity index (χ1) is 12.0. The van der Waals surface area contributed by atoms with Crippen LogP contribution in [0.5, 0.6) is 5.75 Å². The third kappa shape index (κ3) is 3.69. The molecule has 0 radical (unpaired) electrons. The minimum absolute atomic E-state index is 0.0929. The van der Waals surface area contributed by atoms with E-state index < -0.39 is 4.92 Å². The van der Waals surface area contributed by atoms with E-state index in [-0.39, 0.29) is 17.0 Å². The highest BCUT2D eigenvalue weighted by Gasteiger charge is 2.22. The number of nitrogens with one attached hydrogen (secondary N) is 1. The lowest BCUT2D eigenvalue weighted by molar-refractivity contribution is -0.385. The number of aryl methyl sites for hydroxylation is 1. The van der Waals surface area contributed by atoms with Crippen LogP contribution in [-0.2, 0) is 25.9 Å². The molecule has 0 spiro atoms. The van der Waals surface area contributed by atoms with E-state index >= 15 is 0 Å². The van der Waals surface area contributed by atoms with Crippen LogP contribution in [0.15, 0.2) is 23.0 Å². The van der Waals surface area contributed by atoms with Crippen molar-refractivity contribution in [1.29, 1.82) is 0 Å². The number of aromatic amines is 1. The zero-order valence-electron chi connectivity index (χ0n) is 14.0. The number of aromatic hydroxyl groups is 1. The van der Waals surface area contributed by atoms with Crippen molar-refractivity contribution < 1.29 is 10.0 Å². The van der Waals surface area contributed by atoms with Crippen LogP contribution in [-0.4, -0.2) is 31.4 Å². The number of rotatable bonds is 5. The zero-order chi connectivity index (χ0) is 18.0. The molecule has 2 N–H and O–H groups in total. The normalized spacial score (nSPS) is 14.3. The first kappa shape index (κ1) is 17.1. The van der Waals surface area contributed by atoms with Crippen molar-refractivity contribution in [3.63, 3.8) is 0 Å². The predicted molar refractivity (Wildman–Crippen MR) is 91.4 cm³/mol. The number of phenolic OH excluding ortho intramolecular Hbond substituents is 1. The Morgan fingerprint density at radius 1 is 1.44 bits per heavy atom. The highest BCUT2D eigenvalue weighted by molar-refractivity contribution is 5.47. The van der Waals surface area contributed by atoms with Crippen molar-refractivity contribution in [2.24, 2.45) is 0 Å². The minimum Gasteiger partial charge on any atom is -0.502 e. The van der Waals surface area contributed by atoms with Gasteiger partial charge in [0.1, 0.15) is 5.82 Å². The fraction of sp³-hybridized carbons (Fsp3) is 0.412. The SMILES string of the molecule is CCCc1nc2c(c(=O)[nH]1)CN(Cc1ccc([N+](=O)[O-])c(O)c1)CC2. The van der Waals surface area contributed by atoms with Crippen molar-refractivity contribution >= 4 is 5.69 Å². The van der Waals surface area contributed by atoms with Crippen molar-refractivity contribution in [3.05, 3.63) is 61.3 Å². The number of fused-ring (bicyclic) bond motifs is 1. The molecule has 1 aliphatic rings. The topological polar surface area (TPSA) is 112 Å². The fourth-order valence-electron chi connectivity index (χ4n) is 3.10. The first-order valence-electron chi connectivity index (χ1n) is 8.27. The molecule has 25 heavy (non-hydrogen) atoms. The number of nitro groups is 1. The average Bonchev–Trinajstić information content (AvgIpc) is 2.55. The summed E-state index contributed by atoms with van der Waals surface area (Å²) in [5, 5.41) is 20.5. The molecule has 3 rings (SSSR count). The Balaban J connectivity index is 1.76. The molecule has 8 nitrogen and oxygen atoms in total. The zero-order valence-corrected chi connectivity index (χ0v) is 14.0. The number of benzene rings is 1. The van der Waals surface area contributed by atoms with Crippen LogP contribution >= 0.6 is 0 Å². The molecule has 2 aromatic rings. The van der Waals surface area contributed by atoms with Crippen LogP contribution < -0.4 is 5.56 Å². The van der Waals surface area contributed by atoms with Gasteiger partial charge in [0.05, 0.1) is 16.2 Å². The molecular formula is C17H20N4O4. The van der Waals surface area contributed by atoms with E-state index in [1.165, 1.54) is 12.1 Å². The number of hydrogen-bond donors (Lipinski definition) is 2. The number of nitro benzene ring substituents is 1. The van der Waals surface area contributed by atoms with Crippen molar-refractivity contribution in [2.45, 2.75) is 39.3 Å². The van der Waals surface area contributed by atoms with Crippen LogP contribution in [0.4, 0.5) is 5.69 Å². The van der Waals surface area contributed by atoms with Gasteiger partial charge in [-0.3, -0.25) is 19.8 Å². The lowest BCUT2D eigenvalue weighted by Gasteiger charge is -2.27. The number of aromatic nitrogens is 2. The monoisotopic (exact) mass is 344 g/mol.